The van der Waals surface area contributed by atoms with Crippen LogP contribution in [0.1, 0.15) is 51.0 Å². The first-order chi connectivity index (χ1) is 13.3. The Morgan fingerprint density at radius 1 is 1.32 bits per heavy atom. The summed E-state index contributed by atoms with van der Waals surface area (Å²) in [6.45, 7) is 3.14. The fourth-order valence-corrected chi connectivity index (χ4v) is 6.57. The van der Waals surface area contributed by atoms with E-state index < -0.39 is 5.41 Å². The highest BCUT2D eigenvalue weighted by atomic mass is 16.6. The number of fused-ring (bicyclic) bond motifs is 4. The molecule has 6 heteroatoms. The summed E-state index contributed by atoms with van der Waals surface area (Å²) in [5.41, 5.74) is 0.809. The largest absolute Gasteiger partial charge is 0.633 e. The van der Waals surface area contributed by atoms with Crippen LogP contribution in [-0.4, -0.2) is 49.8 Å². The van der Waals surface area contributed by atoms with Gasteiger partial charge in [0.25, 0.3) is 0 Å². The van der Waals surface area contributed by atoms with Gasteiger partial charge in [-0.2, -0.15) is 0 Å². The van der Waals surface area contributed by atoms with Crippen molar-refractivity contribution in [1.82, 2.24) is 0 Å². The summed E-state index contributed by atoms with van der Waals surface area (Å²) in [4.78, 5) is 27.3. The molecule has 28 heavy (non-hydrogen) atoms. The van der Waals surface area contributed by atoms with Crippen molar-refractivity contribution in [3.63, 3.8) is 0 Å². The molecular weight excluding hydrogens is 356 g/mol. The monoisotopic (exact) mass is 386 g/mol. The first-order valence-corrected chi connectivity index (χ1v) is 10.4. The third-order valence-electron chi connectivity index (χ3n) is 7.80. The minimum absolute atomic E-state index is 0.0485. The predicted molar refractivity (Wildman–Crippen MR) is 107 cm³/mol. The van der Waals surface area contributed by atoms with E-state index in [4.69, 9.17) is 4.74 Å². The molecule has 3 aliphatic heterocycles. The second-order valence-electron chi connectivity index (χ2n) is 8.80. The predicted octanol–water partition coefficient (Wildman–Crippen LogP) is 3.13. The van der Waals surface area contributed by atoms with Crippen LogP contribution in [-0.2, 0) is 19.7 Å². The van der Waals surface area contributed by atoms with Gasteiger partial charge in [-0.15, -0.1) is 0 Å². The standard InChI is InChI=1S/C22H30N2O4/c1-4-21(12-10-18(25)28-3)11-7-14-24(27)15-13-22(19(21)24)16-8-5-6-9-17(16)23(2)20(22)26/h5-6,8-9,19H,4,7,10-15H2,1-3H3/t19-,21-,22+,24-/m0/s1. The quantitative estimate of drug-likeness (QED) is 0.453. The minimum Gasteiger partial charge on any atom is -0.633 e. The number of ether oxygens (including phenoxy) is 1. The van der Waals surface area contributed by atoms with E-state index in [9.17, 15) is 14.8 Å². The first-order valence-electron chi connectivity index (χ1n) is 10.4. The fraction of sp³-hybridized carbons (Fsp3) is 0.636. The second kappa shape index (κ2) is 6.56. The molecule has 2 saturated heterocycles. The van der Waals surface area contributed by atoms with Gasteiger partial charge in [-0.25, -0.2) is 0 Å². The molecule has 1 spiro atoms. The Kier molecular flexibility index (Phi) is 4.55. The van der Waals surface area contributed by atoms with Gasteiger partial charge in [0.05, 0.1) is 20.2 Å². The fourth-order valence-electron chi connectivity index (χ4n) is 6.57. The Balaban J connectivity index is 1.86. The van der Waals surface area contributed by atoms with E-state index in [-0.39, 0.29) is 28.0 Å². The van der Waals surface area contributed by atoms with Gasteiger partial charge < -0.3 is 19.5 Å². The molecular formula is C22H30N2O4. The maximum absolute atomic E-state index is 14.0. The van der Waals surface area contributed by atoms with Crippen molar-refractivity contribution in [1.29, 1.82) is 0 Å². The maximum Gasteiger partial charge on any atom is 0.305 e. The molecule has 0 aliphatic carbocycles. The molecule has 0 unspecified atom stereocenters. The molecule has 1 aromatic carbocycles. The Bertz CT molecular complexity index is 811. The molecule has 0 bridgehead atoms. The Morgan fingerprint density at radius 3 is 2.79 bits per heavy atom. The highest BCUT2D eigenvalue weighted by molar-refractivity contribution is 6.08. The Morgan fingerprint density at radius 2 is 2.07 bits per heavy atom. The number of piperidine rings is 1. The third kappa shape index (κ3) is 2.40. The van der Waals surface area contributed by atoms with Crippen molar-refractivity contribution in [3.8, 4) is 0 Å². The maximum atomic E-state index is 14.0. The van der Waals surface area contributed by atoms with Crippen LogP contribution >= 0.6 is 0 Å². The van der Waals surface area contributed by atoms with Gasteiger partial charge in [-0.05, 0) is 37.3 Å². The van der Waals surface area contributed by atoms with Gasteiger partial charge in [0.1, 0.15) is 11.5 Å². The zero-order chi connectivity index (χ0) is 20.2. The number of hydroxylamine groups is 3. The van der Waals surface area contributed by atoms with E-state index in [1.165, 1.54) is 7.11 Å². The number of amides is 1. The molecule has 4 atom stereocenters. The van der Waals surface area contributed by atoms with Crippen molar-refractivity contribution >= 4 is 17.6 Å². The van der Waals surface area contributed by atoms with Crippen LogP contribution in [0.5, 0.6) is 0 Å². The minimum atomic E-state index is -0.778. The van der Waals surface area contributed by atoms with Crippen molar-refractivity contribution in [3.05, 3.63) is 35.0 Å². The third-order valence-corrected chi connectivity index (χ3v) is 7.80. The molecule has 4 rings (SSSR count). The van der Waals surface area contributed by atoms with E-state index in [0.717, 1.165) is 30.5 Å². The van der Waals surface area contributed by atoms with Crippen LogP contribution < -0.4 is 4.90 Å². The van der Waals surface area contributed by atoms with Gasteiger partial charge in [0.15, 0.2) is 0 Å². The number of anilines is 1. The van der Waals surface area contributed by atoms with Gasteiger partial charge in [-0.3, -0.25) is 9.59 Å². The molecule has 1 aromatic rings. The number of carbonyl (C=O) groups excluding carboxylic acids is 2. The zero-order valence-corrected chi connectivity index (χ0v) is 17.1. The van der Waals surface area contributed by atoms with Gasteiger partial charge in [0, 0.05) is 31.0 Å². The second-order valence-corrected chi connectivity index (χ2v) is 8.80. The molecule has 6 nitrogen and oxygen atoms in total. The number of nitrogens with zero attached hydrogens (tertiary/aromatic N) is 2. The van der Waals surface area contributed by atoms with Crippen LogP contribution in [0.25, 0.3) is 0 Å². The van der Waals surface area contributed by atoms with E-state index in [1.807, 2.05) is 31.3 Å². The van der Waals surface area contributed by atoms with Crippen LogP contribution in [0.2, 0.25) is 0 Å². The number of rotatable bonds is 4. The van der Waals surface area contributed by atoms with E-state index in [1.54, 1.807) is 4.90 Å². The van der Waals surface area contributed by atoms with Crippen molar-refractivity contribution in [2.45, 2.75) is 56.9 Å². The highest BCUT2D eigenvalue weighted by Crippen LogP contribution is 2.61. The Labute approximate surface area is 166 Å². The van der Waals surface area contributed by atoms with E-state index in [0.29, 0.717) is 32.4 Å². The lowest BCUT2D eigenvalue weighted by Crippen LogP contribution is -2.65. The van der Waals surface area contributed by atoms with Gasteiger partial charge >= 0.3 is 5.97 Å². The lowest BCUT2D eigenvalue weighted by atomic mass is 9.58. The summed E-state index contributed by atoms with van der Waals surface area (Å²) >= 11 is 0. The summed E-state index contributed by atoms with van der Waals surface area (Å²) < 4.78 is 4.58. The van der Waals surface area contributed by atoms with E-state index in [2.05, 4.69) is 6.92 Å². The number of likely N-dealkylation sites (N-methyl/N-ethyl adjacent to an activating group) is 1. The highest BCUT2D eigenvalue weighted by Gasteiger charge is 2.70. The summed E-state index contributed by atoms with van der Waals surface area (Å²) in [7, 11) is 3.22. The molecule has 0 aromatic heterocycles. The molecule has 0 radical (unpaired) electrons. The zero-order valence-electron chi connectivity index (χ0n) is 17.1. The van der Waals surface area contributed by atoms with E-state index >= 15 is 0 Å². The molecule has 2 fully saturated rings. The number of carbonyl (C=O) groups is 2. The molecule has 0 saturated carbocycles. The topological polar surface area (TPSA) is 69.7 Å². The van der Waals surface area contributed by atoms with Crippen LogP contribution in [0.3, 0.4) is 0 Å². The van der Waals surface area contributed by atoms with Crippen molar-refractivity contribution < 1.29 is 19.0 Å². The average molecular weight is 386 g/mol. The van der Waals surface area contributed by atoms with Crippen LogP contribution in [0.4, 0.5) is 5.69 Å². The van der Waals surface area contributed by atoms with Gasteiger partial charge in [-0.1, -0.05) is 25.1 Å². The molecule has 152 valence electrons. The van der Waals surface area contributed by atoms with Crippen LogP contribution in [0, 0.1) is 10.6 Å². The molecule has 0 N–H and O–H groups in total. The van der Waals surface area contributed by atoms with Crippen LogP contribution in [0.15, 0.2) is 24.3 Å². The van der Waals surface area contributed by atoms with Gasteiger partial charge in [0.2, 0.25) is 5.91 Å². The number of methoxy groups -OCH3 is 1. The summed E-state index contributed by atoms with van der Waals surface area (Å²) in [6, 6.07) is 7.57. The Hall–Kier alpha value is -1.92. The normalized spacial score (nSPS) is 36.5. The summed E-state index contributed by atoms with van der Waals surface area (Å²) in [5, 5.41) is 14.0. The smallest absolute Gasteiger partial charge is 0.305 e. The number of hydrogen-bond donors (Lipinski definition) is 0. The average Bonchev–Trinajstić information content (AvgIpc) is 3.15. The lowest BCUT2D eigenvalue weighted by molar-refractivity contribution is -0.908. The first kappa shape index (κ1) is 19.4. The lowest BCUT2D eigenvalue weighted by Gasteiger charge is -2.58. The number of benzene rings is 1. The molecule has 3 heterocycles. The number of esters is 1. The van der Waals surface area contributed by atoms with Crippen molar-refractivity contribution in [2.24, 2.45) is 5.41 Å². The summed E-state index contributed by atoms with van der Waals surface area (Å²) in [5.74, 6) is -0.197. The molecule has 1 amide bonds. The molecule has 3 aliphatic rings. The number of para-hydroxylation sites is 1. The SMILES string of the molecule is CC[C@@]1(CCC(=O)OC)CCC[N@+]2([O-])CC[C@]3(C(=O)N(C)c4ccccc43)[C@H]12. The van der Waals surface area contributed by atoms with Crippen molar-refractivity contribution in [2.75, 3.05) is 32.1 Å². The summed E-state index contributed by atoms with van der Waals surface area (Å²) in [6.07, 6.45) is 4.00. The number of quaternary nitrogens is 1. The number of hydrogen-bond acceptors (Lipinski definition) is 4.